The minimum atomic E-state index is -3.04. The standard InChI is InChI=1S/C14H14F2N2O3/c1-2-20-12(9-6-4-3-5-7-9)14-17-11(21-18-14)8-10(19)13(15)16/h3-7,12-13H,2,8H2,1H3. The third-order valence-electron chi connectivity index (χ3n) is 2.72. The molecule has 1 aromatic carbocycles. The molecule has 1 heterocycles. The molecular formula is C14H14F2N2O3. The number of hydrogen-bond acceptors (Lipinski definition) is 5. The summed E-state index contributed by atoms with van der Waals surface area (Å²) in [6.07, 6.45) is -4.19. The molecule has 2 rings (SSSR count). The van der Waals surface area contributed by atoms with Crippen LogP contribution in [0.25, 0.3) is 0 Å². The van der Waals surface area contributed by atoms with Crippen LogP contribution < -0.4 is 0 Å². The SMILES string of the molecule is CCOC(c1ccccc1)c1noc(CC(=O)C(F)F)n1. The van der Waals surface area contributed by atoms with E-state index < -0.39 is 24.7 Å². The third kappa shape index (κ3) is 3.91. The van der Waals surface area contributed by atoms with Crippen molar-refractivity contribution in [2.45, 2.75) is 25.9 Å². The van der Waals surface area contributed by atoms with Gasteiger partial charge in [-0.3, -0.25) is 4.79 Å². The topological polar surface area (TPSA) is 65.2 Å². The van der Waals surface area contributed by atoms with Crippen molar-refractivity contribution >= 4 is 5.78 Å². The normalized spacial score (nSPS) is 12.6. The molecule has 1 unspecified atom stereocenters. The van der Waals surface area contributed by atoms with E-state index in [4.69, 9.17) is 9.26 Å². The zero-order valence-corrected chi connectivity index (χ0v) is 11.3. The second kappa shape index (κ2) is 7.03. The van der Waals surface area contributed by atoms with E-state index in [0.29, 0.717) is 6.61 Å². The molecule has 7 heteroatoms. The summed E-state index contributed by atoms with van der Waals surface area (Å²) < 4.78 is 34.8. The quantitative estimate of drug-likeness (QED) is 0.785. The van der Waals surface area contributed by atoms with Crippen molar-refractivity contribution in [3.63, 3.8) is 0 Å². The Labute approximate surface area is 119 Å². The molecule has 2 aromatic rings. The maximum atomic E-state index is 12.2. The Kier molecular flexibility index (Phi) is 5.10. The van der Waals surface area contributed by atoms with E-state index in [1.54, 1.807) is 0 Å². The van der Waals surface area contributed by atoms with Crippen molar-refractivity contribution in [2.24, 2.45) is 0 Å². The van der Waals surface area contributed by atoms with Gasteiger partial charge in [-0.2, -0.15) is 4.98 Å². The Morgan fingerprint density at radius 3 is 2.67 bits per heavy atom. The minimum Gasteiger partial charge on any atom is -0.366 e. The molecule has 0 spiro atoms. The van der Waals surface area contributed by atoms with Crippen LogP contribution >= 0.6 is 0 Å². The summed E-state index contributed by atoms with van der Waals surface area (Å²) in [7, 11) is 0. The summed E-state index contributed by atoms with van der Waals surface area (Å²) in [5.74, 6) is -1.19. The smallest absolute Gasteiger partial charge is 0.296 e. The van der Waals surface area contributed by atoms with Crippen molar-refractivity contribution in [2.75, 3.05) is 6.61 Å². The molecule has 0 aliphatic heterocycles. The average Bonchev–Trinajstić information content (AvgIpc) is 2.93. The number of benzene rings is 1. The maximum absolute atomic E-state index is 12.2. The van der Waals surface area contributed by atoms with E-state index >= 15 is 0 Å². The lowest BCUT2D eigenvalue weighted by Crippen LogP contribution is -2.13. The monoisotopic (exact) mass is 296 g/mol. The summed E-state index contributed by atoms with van der Waals surface area (Å²) in [5, 5.41) is 3.72. The Balaban J connectivity index is 2.19. The van der Waals surface area contributed by atoms with Crippen LogP contribution in [-0.4, -0.2) is 29.0 Å². The first-order valence-corrected chi connectivity index (χ1v) is 6.41. The Bertz CT molecular complexity index is 587. The van der Waals surface area contributed by atoms with Gasteiger partial charge in [-0.25, -0.2) is 8.78 Å². The highest BCUT2D eigenvalue weighted by Gasteiger charge is 2.23. The summed E-state index contributed by atoms with van der Waals surface area (Å²) >= 11 is 0. The molecule has 1 aromatic heterocycles. The van der Waals surface area contributed by atoms with Gasteiger partial charge < -0.3 is 9.26 Å². The maximum Gasteiger partial charge on any atom is 0.296 e. The zero-order chi connectivity index (χ0) is 15.2. The van der Waals surface area contributed by atoms with Gasteiger partial charge in [0, 0.05) is 6.61 Å². The number of halogens is 2. The van der Waals surface area contributed by atoms with E-state index in [0.717, 1.165) is 5.56 Å². The fourth-order valence-corrected chi connectivity index (χ4v) is 1.79. The summed E-state index contributed by atoms with van der Waals surface area (Å²) in [5.41, 5.74) is 0.812. The highest BCUT2D eigenvalue weighted by atomic mass is 19.3. The van der Waals surface area contributed by atoms with E-state index in [-0.39, 0.29) is 11.7 Å². The Morgan fingerprint density at radius 1 is 1.33 bits per heavy atom. The highest BCUT2D eigenvalue weighted by molar-refractivity contribution is 5.82. The first-order valence-electron chi connectivity index (χ1n) is 6.41. The second-order valence-electron chi connectivity index (χ2n) is 4.24. The van der Waals surface area contributed by atoms with Crippen LogP contribution in [-0.2, 0) is 16.0 Å². The molecule has 0 aliphatic carbocycles. The third-order valence-corrected chi connectivity index (χ3v) is 2.72. The van der Waals surface area contributed by atoms with Crippen LogP contribution in [0.5, 0.6) is 0 Å². The van der Waals surface area contributed by atoms with Crippen LogP contribution in [0.1, 0.15) is 30.3 Å². The van der Waals surface area contributed by atoms with Gasteiger partial charge in [0.05, 0.1) is 6.42 Å². The molecule has 1 atom stereocenters. The minimum absolute atomic E-state index is 0.143. The average molecular weight is 296 g/mol. The van der Waals surface area contributed by atoms with E-state index in [2.05, 4.69) is 10.1 Å². The largest absolute Gasteiger partial charge is 0.366 e. The van der Waals surface area contributed by atoms with Gasteiger partial charge in [-0.1, -0.05) is 35.5 Å². The van der Waals surface area contributed by atoms with Crippen molar-refractivity contribution in [3.8, 4) is 0 Å². The zero-order valence-electron chi connectivity index (χ0n) is 11.3. The Hall–Kier alpha value is -2.15. The second-order valence-corrected chi connectivity index (χ2v) is 4.24. The predicted molar refractivity (Wildman–Crippen MR) is 68.9 cm³/mol. The number of Topliss-reactive ketones (excluding diaryl/α,β-unsaturated/α-hetero) is 1. The number of carbonyl (C=O) groups excluding carboxylic acids is 1. The number of ketones is 1. The summed E-state index contributed by atoms with van der Waals surface area (Å²) in [6.45, 7) is 2.23. The molecule has 112 valence electrons. The van der Waals surface area contributed by atoms with Crippen molar-refractivity contribution in [3.05, 3.63) is 47.6 Å². The molecule has 0 bridgehead atoms. The molecule has 0 fully saturated rings. The van der Waals surface area contributed by atoms with Crippen LogP contribution in [0.2, 0.25) is 0 Å². The number of alkyl halides is 2. The van der Waals surface area contributed by atoms with Crippen LogP contribution in [0.3, 0.4) is 0 Å². The molecular weight excluding hydrogens is 282 g/mol. The summed E-state index contributed by atoms with van der Waals surface area (Å²) in [6, 6.07) is 9.20. The van der Waals surface area contributed by atoms with Crippen molar-refractivity contribution in [1.82, 2.24) is 10.1 Å². The van der Waals surface area contributed by atoms with Crippen LogP contribution in [0.4, 0.5) is 8.78 Å². The fourth-order valence-electron chi connectivity index (χ4n) is 1.79. The fraction of sp³-hybridized carbons (Fsp3) is 0.357. The molecule has 0 saturated heterocycles. The van der Waals surface area contributed by atoms with Gasteiger partial charge in [0.1, 0.15) is 6.10 Å². The molecule has 0 amide bonds. The van der Waals surface area contributed by atoms with E-state index in [1.165, 1.54) is 0 Å². The first-order chi connectivity index (χ1) is 10.1. The number of ether oxygens (including phenoxy) is 1. The molecule has 0 radical (unpaired) electrons. The van der Waals surface area contributed by atoms with Gasteiger partial charge >= 0.3 is 0 Å². The van der Waals surface area contributed by atoms with Crippen LogP contribution in [0.15, 0.2) is 34.9 Å². The lowest BCUT2D eigenvalue weighted by molar-refractivity contribution is -0.129. The number of rotatable bonds is 7. The predicted octanol–water partition coefficient (Wildman–Crippen LogP) is 2.57. The number of nitrogens with zero attached hydrogens (tertiary/aromatic N) is 2. The van der Waals surface area contributed by atoms with E-state index in [9.17, 15) is 13.6 Å². The van der Waals surface area contributed by atoms with Crippen molar-refractivity contribution in [1.29, 1.82) is 0 Å². The molecule has 0 N–H and O–H groups in total. The van der Waals surface area contributed by atoms with Gasteiger partial charge in [-0.15, -0.1) is 0 Å². The lowest BCUT2D eigenvalue weighted by Gasteiger charge is -2.13. The molecule has 0 aliphatic rings. The van der Waals surface area contributed by atoms with Crippen LogP contribution in [0, 0.1) is 0 Å². The van der Waals surface area contributed by atoms with Crippen molar-refractivity contribution < 1.29 is 22.8 Å². The van der Waals surface area contributed by atoms with Gasteiger partial charge in [0.25, 0.3) is 6.43 Å². The summed E-state index contributed by atoms with van der Waals surface area (Å²) in [4.78, 5) is 14.9. The molecule has 5 nitrogen and oxygen atoms in total. The highest BCUT2D eigenvalue weighted by Crippen LogP contribution is 2.23. The molecule has 0 saturated carbocycles. The van der Waals surface area contributed by atoms with Gasteiger partial charge in [0.15, 0.2) is 0 Å². The van der Waals surface area contributed by atoms with Gasteiger partial charge in [-0.05, 0) is 12.5 Å². The Morgan fingerprint density at radius 2 is 2.05 bits per heavy atom. The first kappa shape index (κ1) is 15.2. The van der Waals surface area contributed by atoms with Gasteiger partial charge in [0.2, 0.25) is 17.5 Å². The number of carbonyl (C=O) groups is 1. The number of hydrogen-bond donors (Lipinski definition) is 0. The van der Waals surface area contributed by atoms with E-state index in [1.807, 2.05) is 37.3 Å². The molecule has 21 heavy (non-hydrogen) atoms. The lowest BCUT2D eigenvalue weighted by atomic mass is 10.1. The number of aromatic nitrogens is 2.